The number of carbonyl (C=O) groups excluding carboxylic acids is 2. The van der Waals surface area contributed by atoms with Crippen LogP contribution in [0.15, 0.2) is 18.2 Å². The highest BCUT2D eigenvalue weighted by molar-refractivity contribution is 5.99. The number of hydrogen-bond donors (Lipinski definition) is 2. The molecule has 1 unspecified atom stereocenters. The second kappa shape index (κ2) is 5.32. The van der Waals surface area contributed by atoms with Crippen LogP contribution in [0.2, 0.25) is 0 Å². The molecule has 0 saturated carbocycles. The molecule has 20 heavy (non-hydrogen) atoms. The smallest absolute Gasteiger partial charge is 0.325 e. The fourth-order valence-corrected chi connectivity index (χ4v) is 2.14. The Hall–Kier alpha value is -2.37. The van der Waals surface area contributed by atoms with Gasteiger partial charge in [0.15, 0.2) is 0 Å². The average molecular weight is 276 g/mol. The molecule has 0 aromatic heterocycles. The van der Waals surface area contributed by atoms with Crippen LogP contribution in [0, 0.1) is 0 Å². The van der Waals surface area contributed by atoms with Gasteiger partial charge in [-0.3, -0.25) is 14.4 Å². The van der Waals surface area contributed by atoms with Crippen molar-refractivity contribution in [2.75, 3.05) is 11.9 Å². The van der Waals surface area contributed by atoms with Crippen LogP contribution in [0.1, 0.15) is 29.3 Å². The summed E-state index contributed by atoms with van der Waals surface area (Å²) < 4.78 is 0. The first kappa shape index (κ1) is 14.0. The van der Waals surface area contributed by atoms with Gasteiger partial charge < -0.3 is 15.3 Å². The normalized spacial score (nSPS) is 15.5. The summed E-state index contributed by atoms with van der Waals surface area (Å²) in [6.07, 6.45) is 1.01. The highest BCUT2D eigenvalue weighted by Gasteiger charge is 2.22. The number of nitrogens with zero attached hydrogens (tertiary/aromatic N) is 1. The molecule has 1 aromatic carbocycles. The number of aryl methyl sites for hydroxylation is 1. The Morgan fingerprint density at radius 3 is 2.70 bits per heavy atom. The molecule has 6 nitrogen and oxygen atoms in total. The number of benzene rings is 1. The van der Waals surface area contributed by atoms with E-state index in [0.717, 1.165) is 11.3 Å². The van der Waals surface area contributed by atoms with Crippen molar-refractivity contribution in [3.05, 3.63) is 29.3 Å². The number of nitrogens with one attached hydrogen (secondary N) is 1. The number of amides is 2. The van der Waals surface area contributed by atoms with Crippen LogP contribution < -0.4 is 10.2 Å². The van der Waals surface area contributed by atoms with Gasteiger partial charge in [0, 0.05) is 24.7 Å². The Bertz CT molecular complexity index is 583. The lowest BCUT2D eigenvalue weighted by Gasteiger charge is -2.26. The lowest BCUT2D eigenvalue weighted by atomic mass is 9.99. The first-order chi connectivity index (χ1) is 9.40. The van der Waals surface area contributed by atoms with E-state index in [2.05, 4.69) is 5.32 Å². The molecule has 0 bridgehead atoms. The van der Waals surface area contributed by atoms with Crippen LogP contribution in [-0.2, 0) is 16.0 Å². The van der Waals surface area contributed by atoms with E-state index in [0.29, 0.717) is 18.4 Å². The first-order valence-electron chi connectivity index (χ1n) is 6.33. The SMILES string of the molecule is CC(NC(=O)c1ccc2c(c1)CCC(=O)N2C)C(=O)O. The predicted molar refractivity (Wildman–Crippen MR) is 72.7 cm³/mol. The largest absolute Gasteiger partial charge is 0.480 e. The molecular formula is C14H16N2O4. The second-order valence-electron chi connectivity index (χ2n) is 4.83. The van der Waals surface area contributed by atoms with E-state index >= 15 is 0 Å². The van der Waals surface area contributed by atoms with Gasteiger partial charge in [0.1, 0.15) is 6.04 Å². The van der Waals surface area contributed by atoms with Crippen LogP contribution in [-0.4, -0.2) is 36.0 Å². The van der Waals surface area contributed by atoms with Crippen LogP contribution >= 0.6 is 0 Å². The summed E-state index contributed by atoms with van der Waals surface area (Å²) in [4.78, 5) is 35.8. The Kier molecular flexibility index (Phi) is 3.74. The van der Waals surface area contributed by atoms with E-state index in [1.165, 1.54) is 6.92 Å². The molecule has 1 heterocycles. The summed E-state index contributed by atoms with van der Waals surface area (Å²) in [5.74, 6) is -1.46. The van der Waals surface area contributed by atoms with Crippen molar-refractivity contribution in [1.82, 2.24) is 5.32 Å². The van der Waals surface area contributed by atoms with Crippen LogP contribution in [0.3, 0.4) is 0 Å². The number of anilines is 1. The number of fused-ring (bicyclic) bond motifs is 1. The standard InChI is InChI=1S/C14H16N2O4/c1-8(14(19)20)15-13(18)10-3-5-11-9(7-10)4-6-12(17)16(11)2/h3,5,7-8H,4,6H2,1-2H3,(H,15,18)(H,19,20). The van der Waals surface area contributed by atoms with Crippen molar-refractivity contribution in [3.8, 4) is 0 Å². The van der Waals surface area contributed by atoms with Crippen LogP contribution in [0.4, 0.5) is 5.69 Å². The zero-order chi connectivity index (χ0) is 14.9. The number of carboxylic acid groups (broad SMARTS) is 1. The van der Waals surface area contributed by atoms with Gasteiger partial charge in [-0.25, -0.2) is 0 Å². The van der Waals surface area contributed by atoms with Gasteiger partial charge in [0.05, 0.1) is 0 Å². The molecule has 106 valence electrons. The van der Waals surface area contributed by atoms with Crippen molar-refractivity contribution >= 4 is 23.5 Å². The van der Waals surface area contributed by atoms with Crippen LogP contribution in [0.25, 0.3) is 0 Å². The molecule has 0 spiro atoms. The Balaban J connectivity index is 2.21. The lowest BCUT2D eigenvalue weighted by molar-refractivity contribution is -0.138. The molecular weight excluding hydrogens is 260 g/mol. The van der Waals surface area contributed by atoms with Crippen molar-refractivity contribution in [2.24, 2.45) is 0 Å². The van der Waals surface area contributed by atoms with Gasteiger partial charge >= 0.3 is 5.97 Å². The third kappa shape index (κ3) is 2.64. The molecule has 0 aliphatic carbocycles. The van der Waals surface area contributed by atoms with E-state index in [-0.39, 0.29) is 5.91 Å². The third-order valence-corrected chi connectivity index (χ3v) is 3.40. The average Bonchev–Trinajstić information content (AvgIpc) is 2.42. The van der Waals surface area contributed by atoms with Crippen molar-refractivity contribution in [3.63, 3.8) is 0 Å². The number of aliphatic carboxylic acids is 1. The summed E-state index contributed by atoms with van der Waals surface area (Å²) in [6.45, 7) is 1.41. The molecule has 2 amide bonds. The molecule has 0 saturated heterocycles. The van der Waals surface area contributed by atoms with Gasteiger partial charge in [-0.15, -0.1) is 0 Å². The Labute approximate surface area is 116 Å². The maximum atomic E-state index is 11.9. The maximum Gasteiger partial charge on any atom is 0.325 e. The molecule has 2 rings (SSSR count). The van der Waals surface area contributed by atoms with Gasteiger partial charge in [-0.1, -0.05) is 0 Å². The number of hydrogen-bond acceptors (Lipinski definition) is 3. The summed E-state index contributed by atoms with van der Waals surface area (Å²) in [7, 11) is 1.70. The van der Waals surface area contributed by atoms with Gasteiger partial charge in [0.25, 0.3) is 5.91 Å². The van der Waals surface area contributed by atoms with Gasteiger partial charge in [0.2, 0.25) is 5.91 Å². The summed E-state index contributed by atoms with van der Waals surface area (Å²) in [6, 6.07) is 4.08. The monoisotopic (exact) mass is 276 g/mol. The Morgan fingerprint density at radius 1 is 1.35 bits per heavy atom. The fourth-order valence-electron chi connectivity index (χ4n) is 2.14. The maximum absolute atomic E-state index is 11.9. The van der Waals surface area contributed by atoms with Crippen molar-refractivity contribution in [2.45, 2.75) is 25.8 Å². The number of carbonyl (C=O) groups is 3. The van der Waals surface area contributed by atoms with Gasteiger partial charge in [-0.2, -0.15) is 0 Å². The van der Waals surface area contributed by atoms with Crippen molar-refractivity contribution in [1.29, 1.82) is 0 Å². The summed E-state index contributed by atoms with van der Waals surface area (Å²) in [5, 5.41) is 11.2. The molecule has 1 atom stereocenters. The number of rotatable bonds is 3. The first-order valence-corrected chi connectivity index (χ1v) is 6.33. The summed E-state index contributed by atoms with van der Waals surface area (Å²) in [5.41, 5.74) is 2.12. The molecule has 1 aliphatic heterocycles. The van der Waals surface area contributed by atoms with Crippen LogP contribution in [0.5, 0.6) is 0 Å². The minimum atomic E-state index is -1.08. The fraction of sp³-hybridized carbons (Fsp3) is 0.357. The zero-order valence-electron chi connectivity index (χ0n) is 11.3. The summed E-state index contributed by atoms with van der Waals surface area (Å²) >= 11 is 0. The second-order valence-corrected chi connectivity index (χ2v) is 4.83. The topological polar surface area (TPSA) is 86.7 Å². The van der Waals surface area contributed by atoms with E-state index in [1.807, 2.05) is 0 Å². The molecule has 1 aliphatic rings. The van der Waals surface area contributed by atoms with Gasteiger partial charge in [-0.05, 0) is 37.1 Å². The molecule has 1 aromatic rings. The highest BCUT2D eigenvalue weighted by atomic mass is 16.4. The quantitative estimate of drug-likeness (QED) is 0.855. The predicted octanol–water partition coefficient (Wildman–Crippen LogP) is 0.799. The minimum Gasteiger partial charge on any atom is -0.480 e. The highest BCUT2D eigenvalue weighted by Crippen LogP contribution is 2.27. The Morgan fingerprint density at radius 2 is 2.05 bits per heavy atom. The number of carboxylic acids is 1. The van der Waals surface area contributed by atoms with E-state index in [4.69, 9.17) is 5.11 Å². The molecule has 0 radical (unpaired) electrons. The van der Waals surface area contributed by atoms with E-state index in [9.17, 15) is 14.4 Å². The van der Waals surface area contributed by atoms with E-state index in [1.54, 1.807) is 30.1 Å². The molecule has 6 heteroatoms. The molecule has 0 fully saturated rings. The van der Waals surface area contributed by atoms with Crippen molar-refractivity contribution < 1.29 is 19.5 Å². The molecule has 2 N–H and O–H groups in total. The van der Waals surface area contributed by atoms with E-state index < -0.39 is 17.9 Å². The lowest BCUT2D eigenvalue weighted by Crippen LogP contribution is -2.38. The third-order valence-electron chi connectivity index (χ3n) is 3.40. The zero-order valence-corrected chi connectivity index (χ0v) is 11.3. The minimum absolute atomic E-state index is 0.0502.